The van der Waals surface area contributed by atoms with Crippen molar-refractivity contribution in [2.24, 2.45) is 0 Å². The van der Waals surface area contributed by atoms with Crippen molar-refractivity contribution in [2.75, 3.05) is 6.54 Å². The molecule has 5 nitrogen and oxygen atoms in total. The molecule has 0 aliphatic carbocycles. The lowest BCUT2D eigenvalue weighted by molar-refractivity contribution is -0.146. The van der Waals surface area contributed by atoms with Crippen LogP contribution in [-0.2, 0) is 16.0 Å². The molecule has 0 bridgehead atoms. The fraction of sp³-hybridized carbons (Fsp3) is 0.273. The van der Waals surface area contributed by atoms with E-state index in [0.717, 1.165) is 12.1 Å². The molecule has 1 aromatic rings. The molecule has 1 atom stereocenters. The van der Waals surface area contributed by atoms with Gasteiger partial charge in [-0.2, -0.15) is 0 Å². The number of carbonyl (C=O) groups excluding carboxylic acids is 1. The lowest BCUT2D eigenvalue weighted by atomic mass is 10.1. The van der Waals surface area contributed by atoms with Crippen LogP contribution in [0.4, 0.5) is 8.78 Å². The highest BCUT2D eigenvalue weighted by Crippen LogP contribution is 2.09. The van der Waals surface area contributed by atoms with E-state index in [1.54, 1.807) is 0 Å². The minimum Gasteiger partial charge on any atom is -0.479 e. The number of aliphatic hydroxyl groups excluding tert-OH is 1. The number of halogens is 2. The van der Waals surface area contributed by atoms with Gasteiger partial charge in [0.05, 0.1) is 13.0 Å². The van der Waals surface area contributed by atoms with E-state index in [2.05, 4.69) is 5.32 Å². The molecule has 1 aromatic carbocycles. The Bertz CT molecular complexity index is 464. The maximum atomic E-state index is 13.2. The monoisotopic (exact) mass is 259 g/mol. The molecule has 0 heterocycles. The first kappa shape index (κ1) is 14.0. The highest BCUT2D eigenvalue weighted by atomic mass is 19.1. The number of aliphatic hydroxyl groups is 1. The van der Waals surface area contributed by atoms with Gasteiger partial charge >= 0.3 is 5.97 Å². The Hall–Kier alpha value is -2.02. The van der Waals surface area contributed by atoms with Crippen molar-refractivity contribution in [3.8, 4) is 0 Å². The summed E-state index contributed by atoms with van der Waals surface area (Å²) in [6.45, 7) is -0.475. The molecular formula is C11H11F2NO4. The zero-order valence-corrected chi connectivity index (χ0v) is 9.19. The SMILES string of the molecule is O=C(Cc1ccc(F)cc1F)NC[C@H](O)C(=O)O. The first-order valence-electron chi connectivity index (χ1n) is 5.01. The van der Waals surface area contributed by atoms with Crippen LogP contribution in [0.15, 0.2) is 18.2 Å². The van der Waals surface area contributed by atoms with E-state index < -0.39 is 36.2 Å². The highest BCUT2D eigenvalue weighted by Gasteiger charge is 2.15. The number of benzene rings is 1. The number of carbonyl (C=O) groups is 2. The van der Waals surface area contributed by atoms with Crippen molar-refractivity contribution >= 4 is 11.9 Å². The highest BCUT2D eigenvalue weighted by molar-refractivity contribution is 5.80. The van der Waals surface area contributed by atoms with Crippen LogP contribution < -0.4 is 5.32 Å². The third-order valence-corrected chi connectivity index (χ3v) is 2.14. The quantitative estimate of drug-likeness (QED) is 0.698. The molecular weight excluding hydrogens is 248 g/mol. The second kappa shape index (κ2) is 6.06. The summed E-state index contributed by atoms with van der Waals surface area (Å²) >= 11 is 0. The van der Waals surface area contributed by atoms with E-state index in [1.807, 2.05) is 0 Å². The van der Waals surface area contributed by atoms with Gasteiger partial charge in [0, 0.05) is 6.07 Å². The molecule has 1 rings (SSSR count). The van der Waals surface area contributed by atoms with E-state index in [4.69, 9.17) is 10.2 Å². The Kier molecular flexibility index (Phi) is 4.73. The summed E-state index contributed by atoms with van der Waals surface area (Å²) in [4.78, 5) is 21.6. The summed E-state index contributed by atoms with van der Waals surface area (Å²) in [6, 6.07) is 2.78. The number of hydrogen-bond acceptors (Lipinski definition) is 3. The number of rotatable bonds is 5. The van der Waals surface area contributed by atoms with Gasteiger partial charge in [-0.15, -0.1) is 0 Å². The van der Waals surface area contributed by atoms with Crippen LogP contribution in [0.1, 0.15) is 5.56 Å². The predicted molar refractivity (Wildman–Crippen MR) is 56.7 cm³/mol. The topological polar surface area (TPSA) is 86.6 Å². The van der Waals surface area contributed by atoms with Crippen molar-refractivity contribution in [1.82, 2.24) is 5.32 Å². The molecule has 3 N–H and O–H groups in total. The molecule has 0 aromatic heterocycles. The number of hydrogen-bond donors (Lipinski definition) is 3. The molecule has 98 valence electrons. The molecule has 0 unspecified atom stereocenters. The van der Waals surface area contributed by atoms with Gasteiger partial charge < -0.3 is 15.5 Å². The van der Waals surface area contributed by atoms with Gasteiger partial charge in [-0.25, -0.2) is 13.6 Å². The third kappa shape index (κ3) is 4.10. The minimum atomic E-state index is -1.72. The van der Waals surface area contributed by atoms with Crippen molar-refractivity contribution in [3.63, 3.8) is 0 Å². The second-order valence-electron chi connectivity index (χ2n) is 3.57. The smallest absolute Gasteiger partial charge is 0.334 e. The Morgan fingerprint density at radius 3 is 2.56 bits per heavy atom. The Balaban J connectivity index is 2.52. The van der Waals surface area contributed by atoms with E-state index in [1.165, 1.54) is 0 Å². The van der Waals surface area contributed by atoms with Crippen LogP contribution >= 0.6 is 0 Å². The van der Waals surface area contributed by atoms with Crippen molar-refractivity contribution in [2.45, 2.75) is 12.5 Å². The average molecular weight is 259 g/mol. The van der Waals surface area contributed by atoms with Gasteiger partial charge in [-0.05, 0) is 11.6 Å². The summed E-state index contributed by atoms with van der Waals surface area (Å²) in [7, 11) is 0. The predicted octanol–water partition coefficient (Wildman–Crippen LogP) is 0.0690. The van der Waals surface area contributed by atoms with Crippen molar-refractivity contribution < 1.29 is 28.6 Å². The molecule has 0 radical (unpaired) electrons. The van der Waals surface area contributed by atoms with E-state index in [0.29, 0.717) is 6.07 Å². The van der Waals surface area contributed by atoms with Gasteiger partial charge in [0.1, 0.15) is 11.6 Å². The zero-order chi connectivity index (χ0) is 13.7. The van der Waals surface area contributed by atoms with Crippen LogP contribution in [0.5, 0.6) is 0 Å². The molecule has 0 spiro atoms. The van der Waals surface area contributed by atoms with Crippen molar-refractivity contribution in [3.05, 3.63) is 35.4 Å². The maximum absolute atomic E-state index is 13.2. The molecule has 0 aliphatic heterocycles. The summed E-state index contributed by atoms with van der Waals surface area (Å²) < 4.78 is 25.8. The molecule has 18 heavy (non-hydrogen) atoms. The van der Waals surface area contributed by atoms with Gasteiger partial charge in [0.25, 0.3) is 0 Å². The van der Waals surface area contributed by atoms with E-state index in [9.17, 15) is 18.4 Å². The molecule has 0 saturated carbocycles. The van der Waals surface area contributed by atoms with Crippen LogP contribution in [0, 0.1) is 11.6 Å². The molecule has 1 amide bonds. The Labute approximate surface area is 101 Å². The largest absolute Gasteiger partial charge is 0.479 e. The van der Waals surface area contributed by atoms with E-state index in [-0.39, 0.29) is 12.0 Å². The number of amides is 1. The zero-order valence-electron chi connectivity index (χ0n) is 9.19. The normalized spacial score (nSPS) is 11.9. The lowest BCUT2D eigenvalue weighted by Crippen LogP contribution is -2.37. The van der Waals surface area contributed by atoms with Crippen LogP contribution in [0.3, 0.4) is 0 Å². The number of aliphatic carboxylic acids is 1. The summed E-state index contributed by atoms with van der Waals surface area (Å²) in [5.74, 6) is -3.74. The Morgan fingerprint density at radius 2 is 2.00 bits per heavy atom. The number of nitrogens with one attached hydrogen (secondary N) is 1. The fourth-order valence-corrected chi connectivity index (χ4v) is 1.20. The second-order valence-corrected chi connectivity index (χ2v) is 3.57. The van der Waals surface area contributed by atoms with Gasteiger partial charge in [0.2, 0.25) is 5.91 Å². The van der Waals surface area contributed by atoms with E-state index >= 15 is 0 Å². The number of carboxylic acids is 1. The Morgan fingerprint density at radius 1 is 1.33 bits per heavy atom. The molecule has 0 saturated heterocycles. The van der Waals surface area contributed by atoms with Gasteiger partial charge in [-0.1, -0.05) is 6.07 Å². The fourth-order valence-electron chi connectivity index (χ4n) is 1.20. The lowest BCUT2D eigenvalue weighted by Gasteiger charge is -2.08. The van der Waals surface area contributed by atoms with Crippen molar-refractivity contribution in [1.29, 1.82) is 0 Å². The summed E-state index contributed by atoms with van der Waals surface area (Å²) in [5.41, 5.74) is -0.0151. The van der Waals surface area contributed by atoms with Crippen LogP contribution in [0.2, 0.25) is 0 Å². The summed E-state index contributed by atoms with van der Waals surface area (Å²) in [5, 5.41) is 19.4. The average Bonchev–Trinajstić information content (AvgIpc) is 2.29. The van der Waals surface area contributed by atoms with Gasteiger partial charge in [-0.3, -0.25) is 4.79 Å². The molecule has 0 fully saturated rings. The maximum Gasteiger partial charge on any atom is 0.334 e. The third-order valence-electron chi connectivity index (χ3n) is 2.14. The first-order chi connectivity index (χ1) is 8.40. The van der Waals surface area contributed by atoms with Gasteiger partial charge in [0.15, 0.2) is 6.10 Å². The first-order valence-corrected chi connectivity index (χ1v) is 5.01. The van der Waals surface area contributed by atoms with Crippen LogP contribution in [0.25, 0.3) is 0 Å². The van der Waals surface area contributed by atoms with Crippen LogP contribution in [-0.4, -0.2) is 34.7 Å². The standard InChI is InChI=1S/C11H11F2NO4/c12-7-2-1-6(8(13)4-7)3-10(16)14-5-9(15)11(17)18/h1-2,4,9,15H,3,5H2,(H,14,16)(H,17,18)/t9-/m0/s1. The number of carboxylic acid groups (broad SMARTS) is 1. The minimum absolute atomic E-state index is 0.0151. The molecule has 0 aliphatic rings. The molecule has 7 heteroatoms. The summed E-state index contributed by atoms with van der Waals surface area (Å²) in [6.07, 6.45) is -2.08.